The normalized spacial score (nSPS) is 21.2. The maximum absolute atomic E-state index is 11.5. The zero-order chi connectivity index (χ0) is 18.8. The van der Waals surface area contributed by atoms with Gasteiger partial charge in [0.25, 0.3) is 0 Å². The molecule has 142 valence electrons. The molecule has 0 aromatic heterocycles. The van der Waals surface area contributed by atoms with Crippen LogP contribution in [0.1, 0.15) is 88.7 Å². The van der Waals surface area contributed by atoms with Crippen LogP contribution >= 0.6 is 0 Å². The van der Waals surface area contributed by atoms with Gasteiger partial charge in [-0.15, -0.1) is 0 Å². The highest BCUT2D eigenvalue weighted by molar-refractivity contribution is 6.15. The number of hydrogen-bond acceptors (Lipinski definition) is 1. The number of hydrogen-bond donors (Lipinski definition) is 1. The summed E-state index contributed by atoms with van der Waals surface area (Å²) in [5.74, 6) is 0.693. The molecule has 1 aromatic rings. The number of aliphatic carboxylic acids is 1. The first-order valence-electron chi connectivity index (χ1n) is 10.4. The number of benzene rings is 1. The Kier molecular flexibility index (Phi) is 8.67. The van der Waals surface area contributed by atoms with E-state index in [0.29, 0.717) is 11.5 Å². The van der Waals surface area contributed by atoms with Crippen molar-refractivity contribution in [3.63, 3.8) is 0 Å². The van der Waals surface area contributed by atoms with Crippen molar-refractivity contribution >= 4 is 11.5 Å². The minimum Gasteiger partial charge on any atom is -0.478 e. The summed E-state index contributed by atoms with van der Waals surface area (Å²) in [5.41, 5.74) is 2.52. The zero-order valence-electron chi connectivity index (χ0n) is 16.4. The van der Waals surface area contributed by atoms with Crippen LogP contribution in [0, 0.1) is 5.92 Å². The highest BCUT2D eigenvalue weighted by atomic mass is 16.4. The van der Waals surface area contributed by atoms with Crippen molar-refractivity contribution in [1.29, 1.82) is 0 Å². The van der Waals surface area contributed by atoms with Gasteiger partial charge in [-0.2, -0.15) is 0 Å². The summed E-state index contributed by atoms with van der Waals surface area (Å²) < 4.78 is 0. The van der Waals surface area contributed by atoms with Gasteiger partial charge >= 0.3 is 5.97 Å². The Morgan fingerprint density at radius 1 is 1.08 bits per heavy atom. The second-order valence-electron chi connectivity index (χ2n) is 7.56. The predicted octanol–water partition coefficient (Wildman–Crippen LogP) is 6.97. The Labute approximate surface area is 159 Å². The van der Waals surface area contributed by atoms with Crippen molar-refractivity contribution in [3.05, 3.63) is 53.6 Å². The summed E-state index contributed by atoms with van der Waals surface area (Å²) in [4.78, 5) is 11.5. The fraction of sp³-hybridized carbons (Fsp3) is 0.542. The van der Waals surface area contributed by atoms with E-state index in [2.05, 4.69) is 19.1 Å². The lowest BCUT2D eigenvalue weighted by Crippen LogP contribution is -2.13. The molecule has 0 spiro atoms. The molecular weight excluding hydrogens is 320 g/mol. The minimum atomic E-state index is -0.869. The molecule has 2 heteroatoms. The first kappa shape index (κ1) is 20.5. The molecule has 0 radical (unpaired) electrons. The number of carboxylic acids is 1. The molecule has 0 aliphatic heterocycles. The molecule has 1 fully saturated rings. The van der Waals surface area contributed by atoms with Gasteiger partial charge in [0.1, 0.15) is 0 Å². The maximum atomic E-state index is 11.5. The van der Waals surface area contributed by atoms with Crippen molar-refractivity contribution in [2.75, 3.05) is 0 Å². The third-order valence-corrected chi connectivity index (χ3v) is 5.62. The number of carbonyl (C=O) groups is 1. The highest BCUT2D eigenvalue weighted by Crippen LogP contribution is 2.38. The van der Waals surface area contributed by atoms with Crippen molar-refractivity contribution in [2.45, 2.75) is 77.6 Å². The molecule has 1 N–H and O–H groups in total. The number of rotatable bonds is 9. The van der Waals surface area contributed by atoms with E-state index < -0.39 is 5.97 Å². The molecule has 2 nitrogen and oxygen atoms in total. The summed E-state index contributed by atoms with van der Waals surface area (Å²) in [6, 6.07) is 8.22. The Hall–Kier alpha value is -1.83. The van der Waals surface area contributed by atoms with Crippen LogP contribution in [0.4, 0.5) is 0 Å². The van der Waals surface area contributed by atoms with E-state index in [9.17, 15) is 9.90 Å². The third kappa shape index (κ3) is 6.16. The van der Waals surface area contributed by atoms with Gasteiger partial charge in [0.2, 0.25) is 0 Å². The number of allylic oxidation sites excluding steroid dienone is 3. The van der Waals surface area contributed by atoms with E-state index in [1.807, 2.05) is 31.2 Å². The fourth-order valence-corrected chi connectivity index (χ4v) is 3.99. The van der Waals surface area contributed by atoms with Gasteiger partial charge in [-0.05, 0) is 61.1 Å². The first-order valence-corrected chi connectivity index (χ1v) is 10.4. The van der Waals surface area contributed by atoms with Crippen LogP contribution in [0.2, 0.25) is 0 Å². The first-order chi connectivity index (χ1) is 12.7. The smallest absolute Gasteiger partial charge is 0.336 e. The van der Waals surface area contributed by atoms with Crippen molar-refractivity contribution in [2.24, 2.45) is 5.92 Å². The van der Waals surface area contributed by atoms with E-state index in [4.69, 9.17) is 0 Å². The number of carboxylic acid groups (broad SMARTS) is 1. The number of unbranched alkanes of at least 4 members (excludes halogenated alkanes) is 2. The van der Waals surface area contributed by atoms with Crippen LogP contribution < -0.4 is 0 Å². The maximum Gasteiger partial charge on any atom is 0.336 e. The molecule has 0 heterocycles. The highest BCUT2D eigenvalue weighted by Gasteiger charge is 2.22. The molecule has 0 amide bonds. The lowest BCUT2D eigenvalue weighted by atomic mass is 9.77. The quantitative estimate of drug-likeness (QED) is 0.295. The topological polar surface area (TPSA) is 37.3 Å². The monoisotopic (exact) mass is 354 g/mol. The fourth-order valence-electron chi connectivity index (χ4n) is 3.99. The lowest BCUT2D eigenvalue weighted by Gasteiger charge is -2.29. The van der Waals surface area contributed by atoms with Crippen LogP contribution in [0.5, 0.6) is 0 Å². The minimum absolute atomic E-state index is 0.362. The van der Waals surface area contributed by atoms with E-state index in [1.54, 1.807) is 6.08 Å². The molecule has 1 aliphatic rings. The van der Waals surface area contributed by atoms with E-state index in [1.165, 1.54) is 56.9 Å². The standard InChI is InChI=1S/C24H34O2/c1-3-5-7-9-19-11-13-20(14-12-19)21-15-17-22(18-16-21)23(24(25)26)10-8-6-4-2/h6,8,10,15-20H,3-5,7,9,11-14H2,1-2H3,(H,25,26). The summed E-state index contributed by atoms with van der Waals surface area (Å²) >= 11 is 0. The molecule has 0 unspecified atom stereocenters. The van der Waals surface area contributed by atoms with E-state index in [-0.39, 0.29) is 0 Å². The van der Waals surface area contributed by atoms with Gasteiger partial charge in [-0.3, -0.25) is 0 Å². The molecule has 0 atom stereocenters. The van der Waals surface area contributed by atoms with Crippen LogP contribution in [0.25, 0.3) is 5.57 Å². The molecular formula is C24H34O2. The molecule has 1 saturated carbocycles. The van der Waals surface area contributed by atoms with E-state index in [0.717, 1.165) is 17.9 Å². The molecule has 0 saturated heterocycles. The van der Waals surface area contributed by atoms with Gasteiger partial charge < -0.3 is 5.11 Å². The Bertz CT molecular complexity index is 602. The lowest BCUT2D eigenvalue weighted by molar-refractivity contribution is -0.130. The largest absolute Gasteiger partial charge is 0.478 e. The van der Waals surface area contributed by atoms with Crippen molar-refractivity contribution in [1.82, 2.24) is 0 Å². The van der Waals surface area contributed by atoms with Crippen LogP contribution in [0.15, 0.2) is 42.5 Å². The third-order valence-electron chi connectivity index (χ3n) is 5.62. The second-order valence-corrected chi connectivity index (χ2v) is 7.56. The molecule has 2 rings (SSSR count). The summed E-state index contributed by atoms with van der Waals surface area (Å²) in [5, 5.41) is 9.46. The Morgan fingerprint density at radius 2 is 1.77 bits per heavy atom. The summed E-state index contributed by atoms with van der Waals surface area (Å²) in [7, 11) is 0. The van der Waals surface area contributed by atoms with Crippen molar-refractivity contribution < 1.29 is 9.90 Å². The van der Waals surface area contributed by atoms with Gasteiger partial charge in [-0.25, -0.2) is 4.79 Å². The second kappa shape index (κ2) is 11.0. The van der Waals surface area contributed by atoms with Gasteiger partial charge in [0.05, 0.1) is 5.57 Å². The van der Waals surface area contributed by atoms with Gasteiger partial charge in [0.15, 0.2) is 0 Å². The average molecular weight is 355 g/mol. The van der Waals surface area contributed by atoms with Crippen LogP contribution in [0.3, 0.4) is 0 Å². The summed E-state index contributed by atoms with van der Waals surface area (Å²) in [6.45, 7) is 4.31. The SMILES string of the molecule is CCC=CC=C(C(=O)O)c1ccc(C2CCC(CCCCC)CC2)cc1. The Morgan fingerprint density at radius 3 is 2.35 bits per heavy atom. The van der Waals surface area contributed by atoms with Crippen LogP contribution in [-0.4, -0.2) is 11.1 Å². The average Bonchev–Trinajstić information content (AvgIpc) is 2.66. The molecule has 0 bridgehead atoms. The predicted molar refractivity (Wildman–Crippen MR) is 110 cm³/mol. The summed E-state index contributed by atoms with van der Waals surface area (Å²) in [6.07, 6.45) is 17.1. The van der Waals surface area contributed by atoms with Crippen LogP contribution in [-0.2, 0) is 4.79 Å². The molecule has 1 aliphatic carbocycles. The zero-order valence-corrected chi connectivity index (χ0v) is 16.4. The van der Waals surface area contributed by atoms with Gasteiger partial charge in [-0.1, -0.05) is 75.9 Å². The molecule has 26 heavy (non-hydrogen) atoms. The Balaban J connectivity index is 1.96. The molecule has 1 aromatic carbocycles. The van der Waals surface area contributed by atoms with E-state index >= 15 is 0 Å². The van der Waals surface area contributed by atoms with Gasteiger partial charge in [0, 0.05) is 0 Å². The van der Waals surface area contributed by atoms with Crippen molar-refractivity contribution in [3.8, 4) is 0 Å².